The Labute approximate surface area is 107 Å². The van der Waals surface area contributed by atoms with Gasteiger partial charge in [0.05, 0.1) is 6.54 Å². The van der Waals surface area contributed by atoms with E-state index in [4.69, 9.17) is 0 Å². The summed E-state index contributed by atoms with van der Waals surface area (Å²) in [5.74, 6) is 1.52. The standard InChI is InChI=1S/C12H19N5O/c1-3-4-14-12-15-7-9(2)11(16-12)17-6-5-13-10(18)8-17/h7H,3-6,8H2,1-2H3,(H,13,18)(H,14,15,16). The van der Waals surface area contributed by atoms with Crippen LogP contribution in [0.1, 0.15) is 18.9 Å². The third kappa shape index (κ3) is 2.88. The molecule has 0 bridgehead atoms. The number of hydrogen-bond donors (Lipinski definition) is 2. The summed E-state index contributed by atoms with van der Waals surface area (Å²) in [5, 5.41) is 5.97. The van der Waals surface area contributed by atoms with Gasteiger partial charge in [0.2, 0.25) is 11.9 Å². The SMILES string of the molecule is CCCNc1ncc(C)c(N2CCNC(=O)C2)n1. The van der Waals surface area contributed by atoms with Gasteiger partial charge in [-0.3, -0.25) is 4.79 Å². The van der Waals surface area contributed by atoms with E-state index in [0.29, 0.717) is 19.0 Å². The second-order valence-corrected chi connectivity index (χ2v) is 4.40. The Morgan fingerprint density at radius 2 is 2.39 bits per heavy atom. The van der Waals surface area contributed by atoms with E-state index in [2.05, 4.69) is 27.5 Å². The number of amides is 1. The van der Waals surface area contributed by atoms with Crippen molar-refractivity contribution in [3.63, 3.8) is 0 Å². The van der Waals surface area contributed by atoms with Crippen molar-refractivity contribution in [2.24, 2.45) is 0 Å². The molecule has 0 spiro atoms. The van der Waals surface area contributed by atoms with Crippen LogP contribution < -0.4 is 15.5 Å². The van der Waals surface area contributed by atoms with Gasteiger partial charge in [0.1, 0.15) is 5.82 Å². The molecule has 1 fully saturated rings. The maximum atomic E-state index is 11.4. The van der Waals surface area contributed by atoms with Crippen LogP contribution in [0.25, 0.3) is 0 Å². The zero-order chi connectivity index (χ0) is 13.0. The zero-order valence-corrected chi connectivity index (χ0v) is 10.9. The second-order valence-electron chi connectivity index (χ2n) is 4.40. The highest BCUT2D eigenvalue weighted by molar-refractivity contribution is 5.82. The minimum absolute atomic E-state index is 0.0438. The van der Waals surface area contributed by atoms with E-state index < -0.39 is 0 Å². The van der Waals surface area contributed by atoms with E-state index in [9.17, 15) is 4.79 Å². The first-order chi connectivity index (χ1) is 8.70. The fourth-order valence-electron chi connectivity index (χ4n) is 1.89. The summed E-state index contributed by atoms with van der Waals surface area (Å²) in [4.78, 5) is 22.1. The minimum atomic E-state index is 0.0438. The van der Waals surface area contributed by atoms with Crippen LogP contribution in [0, 0.1) is 6.92 Å². The van der Waals surface area contributed by atoms with Crippen LogP contribution in [0.4, 0.5) is 11.8 Å². The van der Waals surface area contributed by atoms with Gasteiger partial charge in [0.25, 0.3) is 0 Å². The Balaban J connectivity index is 2.17. The monoisotopic (exact) mass is 249 g/mol. The average molecular weight is 249 g/mol. The molecule has 1 aliphatic rings. The van der Waals surface area contributed by atoms with Crippen molar-refractivity contribution < 1.29 is 4.79 Å². The van der Waals surface area contributed by atoms with Gasteiger partial charge in [-0.2, -0.15) is 4.98 Å². The van der Waals surface area contributed by atoms with Crippen molar-refractivity contribution in [3.8, 4) is 0 Å². The number of hydrogen-bond acceptors (Lipinski definition) is 5. The molecule has 0 aromatic carbocycles. The summed E-state index contributed by atoms with van der Waals surface area (Å²) in [6, 6.07) is 0. The smallest absolute Gasteiger partial charge is 0.239 e. The van der Waals surface area contributed by atoms with E-state index in [1.807, 2.05) is 11.8 Å². The maximum absolute atomic E-state index is 11.4. The lowest BCUT2D eigenvalue weighted by molar-refractivity contribution is -0.120. The molecule has 1 aromatic heterocycles. The van der Waals surface area contributed by atoms with Crippen LogP contribution in [0.15, 0.2) is 6.20 Å². The molecule has 6 nitrogen and oxygen atoms in total. The van der Waals surface area contributed by atoms with Gasteiger partial charge in [0, 0.05) is 31.4 Å². The number of aromatic nitrogens is 2. The van der Waals surface area contributed by atoms with Crippen LogP contribution in [0.3, 0.4) is 0 Å². The molecule has 98 valence electrons. The number of rotatable bonds is 4. The molecular formula is C12H19N5O. The van der Waals surface area contributed by atoms with Crippen LogP contribution in [-0.4, -0.2) is 42.1 Å². The normalized spacial score (nSPS) is 15.4. The molecule has 0 saturated carbocycles. The summed E-state index contributed by atoms with van der Waals surface area (Å²) in [5.41, 5.74) is 0.992. The number of aryl methyl sites for hydroxylation is 1. The molecule has 0 unspecified atom stereocenters. The Morgan fingerprint density at radius 3 is 3.11 bits per heavy atom. The molecule has 1 aromatic rings. The van der Waals surface area contributed by atoms with Crippen molar-refractivity contribution in [3.05, 3.63) is 11.8 Å². The van der Waals surface area contributed by atoms with Gasteiger partial charge in [-0.25, -0.2) is 4.98 Å². The quantitative estimate of drug-likeness (QED) is 0.815. The van der Waals surface area contributed by atoms with Crippen molar-refractivity contribution in [2.45, 2.75) is 20.3 Å². The fraction of sp³-hybridized carbons (Fsp3) is 0.583. The highest BCUT2D eigenvalue weighted by atomic mass is 16.2. The van der Waals surface area contributed by atoms with Gasteiger partial charge in [0.15, 0.2) is 0 Å². The number of carbonyl (C=O) groups excluding carboxylic acids is 1. The average Bonchev–Trinajstić information content (AvgIpc) is 2.38. The Bertz CT molecular complexity index is 434. The van der Waals surface area contributed by atoms with Crippen molar-refractivity contribution >= 4 is 17.7 Å². The molecule has 0 aliphatic carbocycles. The molecule has 0 radical (unpaired) electrons. The zero-order valence-electron chi connectivity index (χ0n) is 10.9. The maximum Gasteiger partial charge on any atom is 0.239 e. The van der Waals surface area contributed by atoms with Crippen LogP contribution >= 0.6 is 0 Å². The van der Waals surface area contributed by atoms with E-state index in [0.717, 1.165) is 30.9 Å². The first kappa shape index (κ1) is 12.6. The molecule has 1 aliphatic heterocycles. The van der Waals surface area contributed by atoms with Crippen LogP contribution in [-0.2, 0) is 4.79 Å². The van der Waals surface area contributed by atoms with Gasteiger partial charge >= 0.3 is 0 Å². The highest BCUT2D eigenvalue weighted by Crippen LogP contribution is 2.18. The van der Waals surface area contributed by atoms with Crippen molar-refractivity contribution in [2.75, 3.05) is 36.4 Å². The van der Waals surface area contributed by atoms with Gasteiger partial charge < -0.3 is 15.5 Å². The molecule has 2 heterocycles. The molecule has 1 amide bonds. The lowest BCUT2D eigenvalue weighted by Crippen LogP contribution is -2.48. The van der Waals surface area contributed by atoms with E-state index in [-0.39, 0.29) is 5.91 Å². The van der Waals surface area contributed by atoms with E-state index in [1.165, 1.54) is 0 Å². The number of carbonyl (C=O) groups is 1. The summed E-state index contributed by atoms with van der Waals surface area (Å²) < 4.78 is 0. The summed E-state index contributed by atoms with van der Waals surface area (Å²) in [7, 11) is 0. The first-order valence-corrected chi connectivity index (χ1v) is 6.30. The topological polar surface area (TPSA) is 70.2 Å². The van der Waals surface area contributed by atoms with Crippen molar-refractivity contribution in [1.82, 2.24) is 15.3 Å². The van der Waals surface area contributed by atoms with Crippen LogP contribution in [0.2, 0.25) is 0 Å². The lowest BCUT2D eigenvalue weighted by atomic mass is 10.3. The van der Waals surface area contributed by atoms with E-state index >= 15 is 0 Å². The van der Waals surface area contributed by atoms with Crippen LogP contribution in [0.5, 0.6) is 0 Å². The molecule has 18 heavy (non-hydrogen) atoms. The minimum Gasteiger partial charge on any atom is -0.354 e. The number of nitrogens with zero attached hydrogens (tertiary/aromatic N) is 3. The second kappa shape index (κ2) is 5.66. The van der Waals surface area contributed by atoms with Crippen molar-refractivity contribution in [1.29, 1.82) is 0 Å². The predicted octanol–water partition coefficient (Wildman–Crippen LogP) is 0.543. The predicted molar refractivity (Wildman–Crippen MR) is 70.8 cm³/mol. The largest absolute Gasteiger partial charge is 0.354 e. The third-order valence-electron chi connectivity index (χ3n) is 2.82. The lowest BCUT2D eigenvalue weighted by Gasteiger charge is -2.28. The summed E-state index contributed by atoms with van der Waals surface area (Å²) in [6.07, 6.45) is 2.82. The Morgan fingerprint density at radius 1 is 1.56 bits per heavy atom. The van der Waals surface area contributed by atoms with Gasteiger partial charge in [-0.05, 0) is 13.3 Å². The molecular weight excluding hydrogens is 230 g/mol. The number of anilines is 2. The molecule has 2 rings (SSSR count). The molecule has 1 saturated heterocycles. The molecule has 2 N–H and O–H groups in total. The Kier molecular flexibility index (Phi) is 3.96. The third-order valence-corrected chi connectivity index (χ3v) is 2.82. The van der Waals surface area contributed by atoms with Gasteiger partial charge in [-0.15, -0.1) is 0 Å². The Hall–Kier alpha value is -1.85. The number of piperazine rings is 1. The number of nitrogens with one attached hydrogen (secondary N) is 2. The highest BCUT2D eigenvalue weighted by Gasteiger charge is 2.19. The van der Waals surface area contributed by atoms with Gasteiger partial charge in [-0.1, -0.05) is 6.92 Å². The van der Waals surface area contributed by atoms with E-state index in [1.54, 1.807) is 6.20 Å². The molecule has 6 heteroatoms. The first-order valence-electron chi connectivity index (χ1n) is 6.30. The fourth-order valence-corrected chi connectivity index (χ4v) is 1.89. The summed E-state index contributed by atoms with van der Waals surface area (Å²) in [6.45, 7) is 6.73. The molecule has 0 atom stereocenters. The summed E-state index contributed by atoms with van der Waals surface area (Å²) >= 11 is 0.